The van der Waals surface area contributed by atoms with Crippen LogP contribution >= 0.6 is 0 Å². The van der Waals surface area contributed by atoms with Crippen molar-refractivity contribution in [1.82, 2.24) is 24.6 Å². The number of carbonyl (C=O) groups is 1. The normalized spacial score (nSPS) is 15.6. The zero-order valence-electron chi connectivity index (χ0n) is 22.0. The van der Waals surface area contributed by atoms with Crippen LogP contribution in [-0.4, -0.2) is 43.1 Å². The van der Waals surface area contributed by atoms with Gasteiger partial charge in [-0.05, 0) is 43.0 Å². The molecule has 11 heteroatoms. The van der Waals surface area contributed by atoms with E-state index in [1.807, 2.05) is 19.9 Å². The van der Waals surface area contributed by atoms with Crippen LogP contribution in [0.3, 0.4) is 0 Å². The Labute approximate surface area is 229 Å². The number of hydrogen-bond acceptors (Lipinski definition) is 7. The lowest BCUT2D eigenvalue weighted by molar-refractivity contribution is -0.127. The molecule has 5 rings (SSSR count). The van der Waals surface area contributed by atoms with Crippen LogP contribution < -0.4 is 10.5 Å². The predicted molar refractivity (Wildman–Crippen MR) is 145 cm³/mol. The van der Waals surface area contributed by atoms with Gasteiger partial charge in [-0.1, -0.05) is 26.0 Å². The minimum Gasteiger partial charge on any atom is -0.457 e. The fourth-order valence-corrected chi connectivity index (χ4v) is 4.90. The Balaban J connectivity index is 1.47. The highest BCUT2D eigenvalue weighted by molar-refractivity contribution is 5.99. The van der Waals surface area contributed by atoms with Crippen molar-refractivity contribution in [3.8, 4) is 28.8 Å². The molecule has 0 saturated carbocycles. The summed E-state index contributed by atoms with van der Waals surface area (Å²) in [5.41, 5.74) is 7.11. The number of rotatable bonds is 7. The number of halogens is 2. The summed E-state index contributed by atoms with van der Waals surface area (Å²) < 4.78 is 36.1. The topological polar surface area (TPSA) is 123 Å². The summed E-state index contributed by atoms with van der Waals surface area (Å²) in [5.74, 6) is -0.803. The summed E-state index contributed by atoms with van der Waals surface area (Å²) in [6.45, 7) is 4.62. The number of nitrogens with zero attached hydrogens (tertiary/aromatic N) is 6. The van der Waals surface area contributed by atoms with Crippen LogP contribution in [0.15, 0.2) is 60.4 Å². The Morgan fingerprint density at radius 3 is 2.75 bits per heavy atom. The van der Waals surface area contributed by atoms with Crippen molar-refractivity contribution < 1.29 is 18.3 Å². The molecule has 1 aliphatic heterocycles. The van der Waals surface area contributed by atoms with Crippen LogP contribution in [0.2, 0.25) is 0 Å². The Kier molecular flexibility index (Phi) is 7.42. The van der Waals surface area contributed by atoms with Gasteiger partial charge in [0.25, 0.3) is 5.91 Å². The van der Waals surface area contributed by atoms with Crippen molar-refractivity contribution in [3.63, 3.8) is 0 Å². The number of benzene rings is 2. The zero-order chi connectivity index (χ0) is 28.4. The van der Waals surface area contributed by atoms with Gasteiger partial charge in [-0.2, -0.15) is 10.4 Å². The smallest absolute Gasteiger partial charge is 0.264 e. The molecule has 1 saturated heterocycles. The van der Waals surface area contributed by atoms with Gasteiger partial charge in [-0.3, -0.25) is 4.79 Å². The molecule has 9 nitrogen and oxygen atoms in total. The van der Waals surface area contributed by atoms with Crippen LogP contribution in [0.4, 0.5) is 14.6 Å². The van der Waals surface area contributed by atoms with Crippen molar-refractivity contribution in [3.05, 3.63) is 72.1 Å². The maximum atomic E-state index is 15.4. The van der Waals surface area contributed by atoms with Gasteiger partial charge in [0, 0.05) is 24.2 Å². The monoisotopic (exact) mass is 543 g/mol. The van der Waals surface area contributed by atoms with E-state index >= 15 is 4.39 Å². The van der Waals surface area contributed by atoms with E-state index in [-0.39, 0.29) is 58.6 Å². The van der Waals surface area contributed by atoms with Crippen molar-refractivity contribution in [2.45, 2.75) is 39.3 Å². The number of ether oxygens (including phenoxy) is 1. The molecule has 1 aliphatic rings. The molecule has 2 aromatic carbocycles. The number of nitrogen functional groups attached to an aromatic ring is 1. The Bertz CT molecular complexity index is 1660. The number of aromatic nitrogens is 4. The van der Waals surface area contributed by atoms with Gasteiger partial charge in [0.2, 0.25) is 0 Å². The first-order valence-electron chi connectivity index (χ1n) is 12.9. The van der Waals surface area contributed by atoms with Crippen LogP contribution in [0.5, 0.6) is 11.5 Å². The molecule has 0 bridgehead atoms. The third-order valence-electron chi connectivity index (χ3n) is 6.66. The second-order valence-electron chi connectivity index (χ2n) is 9.92. The molecule has 2 aromatic heterocycles. The third-order valence-corrected chi connectivity index (χ3v) is 6.66. The predicted octanol–water partition coefficient (Wildman–Crippen LogP) is 5.24. The summed E-state index contributed by atoms with van der Waals surface area (Å²) in [7, 11) is 0. The Hall–Kier alpha value is -4.85. The average Bonchev–Trinajstić information content (AvgIpc) is 3.53. The highest BCUT2D eigenvalue weighted by Crippen LogP contribution is 2.35. The highest BCUT2D eigenvalue weighted by Gasteiger charge is 2.32. The molecule has 0 unspecified atom stereocenters. The number of hydrogen-bond donors (Lipinski definition) is 1. The number of fused-ring (bicyclic) bond motifs is 1. The van der Waals surface area contributed by atoms with E-state index in [1.165, 1.54) is 36.7 Å². The molecular weight excluding hydrogens is 516 g/mol. The van der Waals surface area contributed by atoms with Crippen LogP contribution in [0, 0.1) is 28.9 Å². The number of likely N-dealkylation sites (tertiary alicyclic amines) is 1. The number of carbonyl (C=O) groups excluding carboxylic acids is 1. The van der Waals surface area contributed by atoms with Gasteiger partial charge in [-0.15, -0.1) is 0 Å². The second-order valence-corrected chi connectivity index (χ2v) is 9.92. The van der Waals surface area contributed by atoms with Gasteiger partial charge in [0.05, 0.1) is 18.0 Å². The Morgan fingerprint density at radius 2 is 2.02 bits per heavy atom. The van der Waals surface area contributed by atoms with E-state index in [4.69, 9.17) is 10.5 Å². The Morgan fingerprint density at radius 1 is 1.23 bits per heavy atom. The second kappa shape index (κ2) is 11.1. The van der Waals surface area contributed by atoms with E-state index in [9.17, 15) is 14.4 Å². The van der Waals surface area contributed by atoms with Crippen LogP contribution in [0.1, 0.15) is 26.7 Å². The molecule has 1 atom stereocenters. The molecule has 1 fully saturated rings. The van der Waals surface area contributed by atoms with Crippen LogP contribution in [0.25, 0.3) is 22.3 Å². The molecular formula is C29H27F2N7O2. The zero-order valence-corrected chi connectivity index (χ0v) is 22.0. The lowest BCUT2D eigenvalue weighted by Gasteiger charge is -2.24. The lowest BCUT2D eigenvalue weighted by Crippen LogP contribution is -2.39. The first kappa shape index (κ1) is 26.7. The van der Waals surface area contributed by atoms with Crippen molar-refractivity contribution in [1.29, 1.82) is 5.26 Å². The number of allylic oxidation sites excluding steroid dienone is 1. The molecule has 3 heterocycles. The summed E-state index contributed by atoms with van der Waals surface area (Å²) in [5, 5.41) is 14.6. The molecule has 4 aromatic rings. The van der Waals surface area contributed by atoms with Gasteiger partial charge < -0.3 is 15.4 Å². The molecule has 2 N–H and O–H groups in total. The largest absolute Gasteiger partial charge is 0.457 e. The fraction of sp³-hybridized carbons (Fsp3) is 0.276. The minimum absolute atomic E-state index is 0.0532. The van der Waals surface area contributed by atoms with Crippen LogP contribution in [-0.2, 0) is 11.3 Å². The average molecular weight is 544 g/mol. The third kappa shape index (κ3) is 5.33. The number of amides is 1. The molecule has 0 spiro atoms. The summed E-state index contributed by atoms with van der Waals surface area (Å²) in [6.07, 6.45) is 4.46. The molecule has 0 aliphatic carbocycles. The molecule has 204 valence electrons. The SMILES string of the molecule is CC(C)/C=C(/C#N)C(=O)N1CCC[C@@H]1Cn1nc(-c2ccc(Oc3cccc(F)c3)cc2F)c2c(N)ncnc21. The lowest BCUT2D eigenvalue weighted by atomic mass is 10.1. The fourth-order valence-electron chi connectivity index (χ4n) is 4.90. The first-order chi connectivity index (χ1) is 19.2. The first-order valence-corrected chi connectivity index (χ1v) is 12.9. The molecule has 1 amide bonds. The van der Waals surface area contributed by atoms with E-state index in [0.717, 1.165) is 6.42 Å². The van der Waals surface area contributed by atoms with E-state index in [1.54, 1.807) is 27.8 Å². The van der Waals surface area contributed by atoms with E-state index < -0.39 is 11.6 Å². The quantitative estimate of drug-likeness (QED) is 0.250. The maximum Gasteiger partial charge on any atom is 0.264 e. The maximum absolute atomic E-state index is 15.4. The number of nitriles is 1. The number of nitrogens with two attached hydrogens (primary N) is 1. The molecule has 40 heavy (non-hydrogen) atoms. The van der Waals surface area contributed by atoms with Gasteiger partial charge >= 0.3 is 0 Å². The standard InChI is InChI=1S/C29H27F2N7O2/c1-17(2)11-18(14-32)29(39)37-10-4-6-20(37)15-38-28-25(27(33)34-16-35-28)26(36-38)23-9-8-22(13-24(23)31)40-21-7-3-5-19(30)12-21/h3,5,7-9,11-13,16-17,20H,4,6,10,15H2,1-2H3,(H2,33,34,35)/b18-11-/t20-/m1/s1. The molecule has 0 radical (unpaired) electrons. The van der Waals surface area contributed by atoms with Crippen molar-refractivity contribution >= 4 is 22.8 Å². The van der Waals surface area contributed by atoms with E-state index in [2.05, 4.69) is 15.1 Å². The highest BCUT2D eigenvalue weighted by atomic mass is 19.1. The summed E-state index contributed by atoms with van der Waals surface area (Å²) in [6, 6.07) is 11.6. The minimum atomic E-state index is -0.626. The number of anilines is 1. The summed E-state index contributed by atoms with van der Waals surface area (Å²) >= 11 is 0. The van der Waals surface area contributed by atoms with Gasteiger partial charge in [0.15, 0.2) is 5.65 Å². The van der Waals surface area contributed by atoms with Crippen molar-refractivity contribution in [2.24, 2.45) is 5.92 Å². The van der Waals surface area contributed by atoms with Crippen molar-refractivity contribution in [2.75, 3.05) is 12.3 Å². The summed E-state index contributed by atoms with van der Waals surface area (Å²) in [4.78, 5) is 23.3. The van der Waals surface area contributed by atoms with Gasteiger partial charge in [-0.25, -0.2) is 23.4 Å². The van der Waals surface area contributed by atoms with E-state index in [0.29, 0.717) is 24.0 Å². The van der Waals surface area contributed by atoms with Gasteiger partial charge in [0.1, 0.15) is 52.6 Å².